The summed E-state index contributed by atoms with van der Waals surface area (Å²) in [4.78, 5) is 4.05. The lowest BCUT2D eigenvalue weighted by Crippen LogP contribution is -2.22. The summed E-state index contributed by atoms with van der Waals surface area (Å²) < 4.78 is 0. The van der Waals surface area contributed by atoms with Crippen molar-refractivity contribution in [3.8, 4) is 22.3 Å². The molecule has 0 spiro atoms. The van der Waals surface area contributed by atoms with Gasteiger partial charge >= 0.3 is 0 Å². The van der Waals surface area contributed by atoms with E-state index in [2.05, 4.69) is 108 Å². The van der Waals surface area contributed by atoms with Crippen LogP contribution in [-0.2, 0) is 0 Å². The van der Waals surface area contributed by atoms with Crippen molar-refractivity contribution in [3.05, 3.63) is 81.8 Å². The molecule has 0 fully saturated rings. The van der Waals surface area contributed by atoms with Crippen LogP contribution < -0.4 is 4.90 Å². The fourth-order valence-corrected chi connectivity index (χ4v) is 6.65. The monoisotopic (exact) mass is 453 g/mol. The van der Waals surface area contributed by atoms with Crippen LogP contribution in [0.5, 0.6) is 0 Å². The molecule has 0 N–H and O–H groups in total. The highest BCUT2D eigenvalue weighted by Crippen LogP contribution is 2.53. The van der Waals surface area contributed by atoms with Crippen LogP contribution in [0.25, 0.3) is 28.0 Å². The minimum atomic E-state index is 0.487. The van der Waals surface area contributed by atoms with Gasteiger partial charge in [-0.05, 0) is 70.7 Å². The molecule has 0 saturated heterocycles. The molecule has 0 saturated carbocycles. The molecular formula is C31H35NS. The molecule has 2 aliphatic heterocycles. The third-order valence-electron chi connectivity index (χ3n) is 7.05. The second kappa shape index (κ2) is 8.40. The average Bonchev–Trinajstić information content (AvgIpc) is 3.24. The van der Waals surface area contributed by atoms with Crippen molar-refractivity contribution in [1.29, 1.82) is 0 Å². The van der Waals surface area contributed by atoms with E-state index in [1.807, 2.05) is 11.8 Å². The second-order valence-corrected chi connectivity index (χ2v) is 11.5. The Labute approximate surface area is 203 Å². The number of hydrogen-bond acceptors (Lipinski definition) is 2. The van der Waals surface area contributed by atoms with Gasteiger partial charge in [0.25, 0.3) is 0 Å². The maximum atomic E-state index is 2.54. The zero-order valence-electron chi connectivity index (χ0n) is 21.0. The molecule has 0 atom stereocenters. The van der Waals surface area contributed by atoms with Gasteiger partial charge in [0.1, 0.15) is 0 Å². The molecule has 1 nitrogen and oxygen atoms in total. The molecular weight excluding hydrogens is 418 g/mol. The second-order valence-electron chi connectivity index (χ2n) is 10.5. The molecule has 0 bridgehead atoms. The van der Waals surface area contributed by atoms with Gasteiger partial charge in [0.15, 0.2) is 0 Å². The van der Waals surface area contributed by atoms with E-state index < -0.39 is 0 Å². The minimum absolute atomic E-state index is 0.487. The molecule has 0 aromatic heterocycles. The highest BCUT2D eigenvalue weighted by atomic mass is 32.2. The number of fused-ring (bicyclic) bond motifs is 6. The van der Waals surface area contributed by atoms with Crippen LogP contribution >= 0.6 is 11.8 Å². The molecule has 33 heavy (non-hydrogen) atoms. The van der Waals surface area contributed by atoms with Gasteiger partial charge in [-0.3, -0.25) is 0 Å². The van der Waals surface area contributed by atoms with Crippen molar-refractivity contribution in [2.45, 2.75) is 60.3 Å². The van der Waals surface area contributed by atoms with Gasteiger partial charge in [-0.15, -0.1) is 11.8 Å². The standard InChI is InChI=1S/C31H35NS/c1-18(2)23-9-8-10-24(19(3)4)29(23)22-12-13-25-26(16-22)27-15-21(7)11-14-28(27)32-17-33-31(20(5)6)30(25)32/h8-16,18-20H,17H2,1-7H3. The number of allylic oxidation sites excluding steroid dienone is 1. The van der Waals surface area contributed by atoms with Gasteiger partial charge < -0.3 is 4.90 Å². The van der Waals surface area contributed by atoms with Crippen molar-refractivity contribution < 1.29 is 0 Å². The van der Waals surface area contributed by atoms with Gasteiger partial charge in [-0.2, -0.15) is 0 Å². The molecule has 2 heteroatoms. The summed E-state index contributed by atoms with van der Waals surface area (Å²) in [6.45, 7) is 16.1. The first kappa shape index (κ1) is 22.3. The minimum Gasteiger partial charge on any atom is -0.330 e. The van der Waals surface area contributed by atoms with Crippen molar-refractivity contribution in [1.82, 2.24) is 0 Å². The topological polar surface area (TPSA) is 3.24 Å². The number of hydrogen-bond donors (Lipinski definition) is 0. The fourth-order valence-electron chi connectivity index (χ4n) is 5.42. The fraction of sp³-hybridized carbons (Fsp3) is 0.355. The van der Waals surface area contributed by atoms with E-state index in [0.29, 0.717) is 17.8 Å². The van der Waals surface area contributed by atoms with E-state index >= 15 is 0 Å². The van der Waals surface area contributed by atoms with Crippen molar-refractivity contribution >= 4 is 23.1 Å². The molecule has 2 aliphatic rings. The smallest absolute Gasteiger partial charge is 0.0733 e. The zero-order valence-corrected chi connectivity index (χ0v) is 21.8. The number of benzene rings is 3. The number of anilines is 1. The van der Waals surface area contributed by atoms with Crippen LogP contribution in [0, 0.1) is 12.8 Å². The normalized spacial score (nSPS) is 14.9. The summed E-state index contributed by atoms with van der Waals surface area (Å²) in [6.07, 6.45) is 0. The van der Waals surface area contributed by atoms with Crippen LogP contribution in [-0.4, -0.2) is 5.88 Å². The van der Waals surface area contributed by atoms with Crippen LogP contribution in [0.3, 0.4) is 0 Å². The van der Waals surface area contributed by atoms with Gasteiger partial charge in [-0.1, -0.05) is 83.5 Å². The first-order valence-corrected chi connectivity index (χ1v) is 13.3. The number of thioether (sulfide) groups is 1. The third-order valence-corrected chi connectivity index (χ3v) is 8.41. The molecule has 0 amide bonds. The SMILES string of the molecule is Cc1ccc2c(c1)-c1cc(-c3c(C(C)C)cccc3C(C)C)ccc1C1=C(C(C)C)SCN12. The molecule has 0 aliphatic carbocycles. The van der Waals surface area contributed by atoms with Crippen LogP contribution in [0.4, 0.5) is 5.69 Å². The lowest BCUT2D eigenvalue weighted by Gasteiger charge is -2.33. The first-order chi connectivity index (χ1) is 15.8. The maximum absolute atomic E-state index is 2.54. The Kier molecular flexibility index (Phi) is 5.69. The van der Waals surface area contributed by atoms with Crippen molar-refractivity contribution in [2.24, 2.45) is 5.92 Å². The highest BCUT2D eigenvalue weighted by Gasteiger charge is 2.34. The summed E-state index contributed by atoms with van der Waals surface area (Å²) in [7, 11) is 0. The van der Waals surface area contributed by atoms with Crippen molar-refractivity contribution in [2.75, 3.05) is 10.8 Å². The van der Waals surface area contributed by atoms with Gasteiger partial charge in [0, 0.05) is 21.7 Å². The Morgan fingerprint density at radius 2 is 1.42 bits per heavy atom. The van der Waals surface area contributed by atoms with Crippen LogP contribution in [0.1, 0.15) is 75.6 Å². The lowest BCUT2D eigenvalue weighted by molar-refractivity contribution is 0.819. The molecule has 0 unspecified atom stereocenters. The summed E-state index contributed by atoms with van der Waals surface area (Å²) >= 11 is 2.01. The lowest BCUT2D eigenvalue weighted by atomic mass is 9.82. The maximum Gasteiger partial charge on any atom is 0.0733 e. The average molecular weight is 454 g/mol. The predicted molar refractivity (Wildman–Crippen MR) is 147 cm³/mol. The van der Waals surface area contributed by atoms with E-state index in [0.717, 1.165) is 5.88 Å². The Morgan fingerprint density at radius 1 is 0.727 bits per heavy atom. The summed E-state index contributed by atoms with van der Waals surface area (Å²) in [5.74, 6) is 2.51. The Bertz CT molecular complexity index is 1240. The van der Waals surface area contributed by atoms with E-state index in [9.17, 15) is 0 Å². The molecule has 2 heterocycles. The predicted octanol–water partition coefficient (Wildman–Crippen LogP) is 9.42. The molecule has 0 radical (unpaired) electrons. The first-order valence-electron chi connectivity index (χ1n) is 12.3. The zero-order chi connectivity index (χ0) is 23.4. The number of aryl methyl sites for hydroxylation is 1. The Hall–Kier alpha value is -2.45. The highest BCUT2D eigenvalue weighted by molar-refractivity contribution is 8.03. The summed E-state index contributed by atoms with van der Waals surface area (Å²) in [5.41, 5.74) is 13.9. The van der Waals surface area contributed by atoms with E-state index in [4.69, 9.17) is 0 Å². The van der Waals surface area contributed by atoms with Gasteiger partial charge in [-0.25, -0.2) is 0 Å². The van der Waals surface area contributed by atoms with Gasteiger partial charge in [0.2, 0.25) is 0 Å². The summed E-state index contributed by atoms with van der Waals surface area (Å²) in [6, 6.07) is 21.1. The van der Waals surface area contributed by atoms with E-state index in [1.54, 1.807) is 0 Å². The van der Waals surface area contributed by atoms with E-state index in [1.165, 1.54) is 60.8 Å². The Balaban J connectivity index is 1.81. The van der Waals surface area contributed by atoms with Crippen molar-refractivity contribution in [3.63, 3.8) is 0 Å². The molecule has 3 aromatic rings. The quantitative estimate of drug-likeness (QED) is 0.387. The van der Waals surface area contributed by atoms with Crippen LogP contribution in [0.2, 0.25) is 0 Å². The number of nitrogens with zero attached hydrogens (tertiary/aromatic N) is 1. The number of rotatable bonds is 4. The largest absolute Gasteiger partial charge is 0.330 e. The van der Waals surface area contributed by atoms with E-state index in [-0.39, 0.29) is 0 Å². The van der Waals surface area contributed by atoms with Crippen LogP contribution in [0.15, 0.2) is 59.5 Å². The Morgan fingerprint density at radius 3 is 2.06 bits per heavy atom. The molecule has 5 rings (SSSR count). The third kappa shape index (κ3) is 3.64. The van der Waals surface area contributed by atoms with Gasteiger partial charge in [0.05, 0.1) is 11.6 Å². The molecule has 3 aromatic carbocycles. The molecule has 170 valence electrons. The summed E-state index contributed by atoms with van der Waals surface area (Å²) in [5, 5.41) is 0.